The molecular weight excluding hydrogens is 269 g/mol. The van der Waals surface area contributed by atoms with Crippen molar-refractivity contribution in [1.82, 2.24) is 9.97 Å². The molecule has 1 heterocycles. The number of hydrogen-bond donors (Lipinski definition) is 3. The van der Waals surface area contributed by atoms with Crippen LogP contribution in [0.1, 0.15) is 12.7 Å². The molecule has 2 rings (SSSR count). The van der Waals surface area contributed by atoms with E-state index in [9.17, 15) is 4.39 Å². The second kappa shape index (κ2) is 5.81. The van der Waals surface area contributed by atoms with Gasteiger partial charge in [-0.15, -0.1) is 0 Å². The molecule has 19 heavy (non-hydrogen) atoms. The maximum Gasteiger partial charge on any atom is 0.145 e. The van der Waals surface area contributed by atoms with E-state index in [4.69, 9.17) is 17.4 Å². The second-order valence-electron chi connectivity index (χ2n) is 3.81. The van der Waals surface area contributed by atoms with E-state index in [-0.39, 0.29) is 5.02 Å². The molecule has 0 aliphatic rings. The van der Waals surface area contributed by atoms with Gasteiger partial charge in [0.05, 0.1) is 5.02 Å². The Labute approximate surface area is 115 Å². The van der Waals surface area contributed by atoms with Gasteiger partial charge in [-0.3, -0.25) is 0 Å². The Morgan fingerprint density at radius 3 is 2.63 bits per heavy atom. The standard InChI is InChI=1S/C12H13ClFN5/c1-2-10-17-11(6-12(18-10)19-15)16-7-3-4-8(13)9(14)5-7/h3-6H,2,15H2,1H3,(H2,16,17,18,19). The smallest absolute Gasteiger partial charge is 0.145 e. The molecule has 4 N–H and O–H groups in total. The van der Waals surface area contributed by atoms with E-state index in [1.54, 1.807) is 12.1 Å². The lowest BCUT2D eigenvalue weighted by molar-refractivity contribution is 0.629. The highest BCUT2D eigenvalue weighted by Gasteiger charge is 2.05. The molecule has 0 saturated heterocycles. The summed E-state index contributed by atoms with van der Waals surface area (Å²) in [5.74, 6) is 6.49. The van der Waals surface area contributed by atoms with Crippen LogP contribution in [0.25, 0.3) is 0 Å². The number of benzene rings is 1. The fraction of sp³-hybridized carbons (Fsp3) is 0.167. The van der Waals surface area contributed by atoms with E-state index < -0.39 is 5.82 Å². The van der Waals surface area contributed by atoms with Gasteiger partial charge in [-0.1, -0.05) is 18.5 Å². The van der Waals surface area contributed by atoms with E-state index in [0.29, 0.717) is 29.6 Å². The minimum Gasteiger partial charge on any atom is -0.340 e. The van der Waals surface area contributed by atoms with Crippen LogP contribution in [0, 0.1) is 5.82 Å². The number of anilines is 3. The molecule has 0 atom stereocenters. The molecule has 1 aromatic heterocycles. The molecule has 0 fully saturated rings. The van der Waals surface area contributed by atoms with Gasteiger partial charge in [0.1, 0.15) is 23.3 Å². The Hall–Kier alpha value is -1.92. The van der Waals surface area contributed by atoms with Crippen LogP contribution in [-0.4, -0.2) is 9.97 Å². The van der Waals surface area contributed by atoms with Crippen molar-refractivity contribution in [3.8, 4) is 0 Å². The minimum absolute atomic E-state index is 0.0757. The van der Waals surface area contributed by atoms with Crippen LogP contribution < -0.4 is 16.6 Å². The van der Waals surface area contributed by atoms with Crippen molar-refractivity contribution in [2.45, 2.75) is 13.3 Å². The predicted octanol–water partition coefficient (Wildman–Crippen LogP) is 2.86. The summed E-state index contributed by atoms with van der Waals surface area (Å²) >= 11 is 5.62. The zero-order valence-electron chi connectivity index (χ0n) is 10.2. The number of rotatable bonds is 4. The molecule has 0 aliphatic heterocycles. The molecule has 5 nitrogen and oxygen atoms in total. The van der Waals surface area contributed by atoms with Crippen LogP contribution in [-0.2, 0) is 6.42 Å². The summed E-state index contributed by atoms with van der Waals surface area (Å²) in [6.45, 7) is 1.93. The maximum atomic E-state index is 13.3. The van der Waals surface area contributed by atoms with Crippen LogP contribution >= 0.6 is 11.6 Å². The van der Waals surface area contributed by atoms with Gasteiger partial charge in [0.2, 0.25) is 0 Å². The molecule has 1 aromatic carbocycles. The topological polar surface area (TPSA) is 75.9 Å². The number of nitrogens with zero attached hydrogens (tertiary/aromatic N) is 2. The minimum atomic E-state index is -0.492. The first-order chi connectivity index (χ1) is 9.12. The molecule has 0 radical (unpaired) electrons. The van der Waals surface area contributed by atoms with Crippen molar-refractivity contribution >= 4 is 28.9 Å². The monoisotopic (exact) mass is 281 g/mol. The van der Waals surface area contributed by atoms with Crippen LogP contribution in [0.4, 0.5) is 21.7 Å². The average molecular weight is 282 g/mol. The average Bonchev–Trinajstić information content (AvgIpc) is 2.42. The third-order valence-corrected chi connectivity index (χ3v) is 2.74. The molecular formula is C12H13ClFN5. The second-order valence-corrected chi connectivity index (χ2v) is 4.21. The zero-order valence-corrected chi connectivity index (χ0v) is 11.0. The normalized spacial score (nSPS) is 10.3. The summed E-state index contributed by atoms with van der Waals surface area (Å²) in [4.78, 5) is 8.44. The first kappa shape index (κ1) is 13.5. The summed E-state index contributed by atoms with van der Waals surface area (Å²) < 4.78 is 13.3. The molecule has 0 bridgehead atoms. The molecule has 7 heteroatoms. The van der Waals surface area contributed by atoms with Crippen LogP contribution in [0.2, 0.25) is 5.02 Å². The lowest BCUT2D eigenvalue weighted by Gasteiger charge is -2.09. The highest BCUT2D eigenvalue weighted by atomic mass is 35.5. The fourth-order valence-corrected chi connectivity index (χ4v) is 1.63. The predicted molar refractivity (Wildman–Crippen MR) is 73.9 cm³/mol. The first-order valence-corrected chi connectivity index (χ1v) is 6.07. The quantitative estimate of drug-likeness (QED) is 0.593. The van der Waals surface area contributed by atoms with Gasteiger partial charge in [0.25, 0.3) is 0 Å². The van der Waals surface area contributed by atoms with E-state index >= 15 is 0 Å². The van der Waals surface area contributed by atoms with Crippen molar-refractivity contribution in [2.24, 2.45) is 5.84 Å². The number of hydrazine groups is 1. The van der Waals surface area contributed by atoms with Crippen LogP contribution in [0.3, 0.4) is 0 Å². The van der Waals surface area contributed by atoms with E-state index in [0.717, 1.165) is 0 Å². The Bertz CT molecular complexity index is 568. The van der Waals surface area contributed by atoms with Crippen molar-refractivity contribution in [3.05, 3.63) is 40.9 Å². The molecule has 100 valence electrons. The molecule has 0 unspecified atom stereocenters. The summed E-state index contributed by atoms with van der Waals surface area (Å²) in [5, 5.41) is 3.05. The highest BCUT2D eigenvalue weighted by molar-refractivity contribution is 6.30. The summed E-state index contributed by atoms with van der Waals surface area (Å²) in [6, 6.07) is 6.06. The molecule has 2 aromatic rings. The summed E-state index contributed by atoms with van der Waals surface area (Å²) in [7, 11) is 0. The fourth-order valence-electron chi connectivity index (χ4n) is 1.51. The lowest BCUT2D eigenvalue weighted by Crippen LogP contribution is -2.11. The van der Waals surface area contributed by atoms with Gasteiger partial charge < -0.3 is 10.7 Å². The van der Waals surface area contributed by atoms with Crippen molar-refractivity contribution in [2.75, 3.05) is 10.7 Å². The Balaban J connectivity index is 2.29. The Morgan fingerprint density at radius 2 is 2.00 bits per heavy atom. The number of nitrogen functional groups attached to an aromatic ring is 1. The van der Waals surface area contributed by atoms with Crippen molar-refractivity contribution in [1.29, 1.82) is 0 Å². The summed E-state index contributed by atoms with van der Waals surface area (Å²) in [5.41, 5.74) is 3.01. The third kappa shape index (κ3) is 3.30. The number of hydrogen-bond acceptors (Lipinski definition) is 5. The van der Waals surface area contributed by atoms with Gasteiger partial charge in [-0.25, -0.2) is 20.2 Å². The van der Waals surface area contributed by atoms with Gasteiger partial charge in [0, 0.05) is 18.2 Å². The number of halogens is 2. The Morgan fingerprint density at radius 1 is 1.26 bits per heavy atom. The van der Waals surface area contributed by atoms with Gasteiger partial charge in [-0.05, 0) is 18.2 Å². The first-order valence-electron chi connectivity index (χ1n) is 5.69. The van der Waals surface area contributed by atoms with Crippen molar-refractivity contribution in [3.63, 3.8) is 0 Å². The van der Waals surface area contributed by atoms with Gasteiger partial charge in [0.15, 0.2) is 0 Å². The van der Waals surface area contributed by atoms with E-state index in [2.05, 4.69) is 20.7 Å². The molecule has 0 aliphatic carbocycles. The molecule has 0 amide bonds. The number of nitrogens with one attached hydrogen (secondary N) is 2. The van der Waals surface area contributed by atoms with Gasteiger partial charge in [-0.2, -0.15) is 0 Å². The zero-order chi connectivity index (χ0) is 13.8. The number of aryl methyl sites for hydroxylation is 1. The van der Waals surface area contributed by atoms with Crippen molar-refractivity contribution < 1.29 is 4.39 Å². The Kier molecular flexibility index (Phi) is 4.13. The van der Waals surface area contributed by atoms with Crippen LogP contribution in [0.15, 0.2) is 24.3 Å². The van der Waals surface area contributed by atoms with Crippen LogP contribution in [0.5, 0.6) is 0 Å². The number of aromatic nitrogens is 2. The SMILES string of the molecule is CCc1nc(NN)cc(Nc2ccc(Cl)c(F)c2)n1. The summed E-state index contributed by atoms with van der Waals surface area (Å²) in [6.07, 6.45) is 0.666. The maximum absolute atomic E-state index is 13.3. The van der Waals surface area contributed by atoms with E-state index in [1.807, 2.05) is 6.92 Å². The largest absolute Gasteiger partial charge is 0.340 e. The van der Waals surface area contributed by atoms with Gasteiger partial charge >= 0.3 is 0 Å². The van der Waals surface area contributed by atoms with E-state index in [1.165, 1.54) is 12.1 Å². The highest BCUT2D eigenvalue weighted by Crippen LogP contribution is 2.22. The number of nitrogens with two attached hydrogens (primary N) is 1. The third-order valence-electron chi connectivity index (χ3n) is 2.43. The molecule has 0 spiro atoms. The lowest BCUT2D eigenvalue weighted by atomic mass is 10.3. The molecule has 0 saturated carbocycles.